The summed E-state index contributed by atoms with van der Waals surface area (Å²) >= 11 is 0. The van der Waals surface area contributed by atoms with Crippen molar-refractivity contribution in [2.75, 3.05) is 33.0 Å². The first-order chi connectivity index (χ1) is 15.4. The second-order valence-corrected chi connectivity index (χ2v) is 7.89. The van der Waals surface area contributed by atoms with E-state index in [9.17, 15) is 14.7 Å². The van der Waals surface area contributed by atoms with Gasteiger partial charge in [0.2, 0.25) is 6.79 Å². The average Bonchev–Trinajstić information content (AvgIpc) is 3.50. The Morgan fingerprint density at radius 1 is 1.12 bits per heavy atom. The first kappa shape index (κ1) is 22.0. The Labute approximate surface area is 187 Å². The third-order valence-corrected chi connectivity index (χ3v) is 5.98. The van der Waals surface area contributed by atoms with E-state index in [1.54, 1.807) is 37.3 Å². The van der Waals surface area contributed by atoms with Crippen LogP contribution in [0.1, 0.15) is 43.4 Å². The highest BCUT2D eigenvalue weighted by Crippen LogP contribution is 2.41. The Morgan fingerprint density at radius 3 is 2.56 bits per heavy atom. The maximum Gasteiger partial charge on any atom is 0.295 e. The normalized spacial score (nSPS) is 19.4. The van der Waals surface area contributed by atoms with Crippen molar-refractivity contribution in [3.63, 3.8) is 0 Å². The van der Waals surface area contributed by atoms with Gasteiger partial charge in [0.25, 0.3) is 11.7 Å². The minimum atomic E-state index is -0.786. The number of hydrogen-bond donors (Lipinski definition) is 1. The lowest BCUT2D eigenvalue weighted by molar-refractivity contribution is -0.140. The first-order valence-corrected chi connectivity index (χ1v) is 10.9. The largest absolute Gasteiger partial charge is 0.507 e. The van der Waals surface area contributed by atoms with E-state index in [-0.39, 0.29) is 18.1 Å². The van der Waals surface area contributed by atoms with Crippen LogP contribution in [0.4, 0.5) is 0 Å². The molecule has 2 aromatic rings. The van der Waals surface area contributed by atoms with Gasteiger partial charge in [-0.15, -0.1) is 0 Å². The monoisotopic (exact) mass is 440 g/mol. The van der Waals surface area contributed by atoms with Gasteiger partial charge in [-0.05, 0) is 63.3 Å². The number of hydrogen-bond acceptors (Lipinski definition) is 7. The van der Waals surface area contributed by atoms with Gasteiger partial charge in [-0.25, -0.2) is 0 Å². The number of aliphatic hydroxyl groups excluding tert-OH is 1. The number of fused-ring (bicyclic) bond motifs is 1. The van der Waals surface area contributed by atoms with E-state index in [4.69, 9.17) is 13.9 Å². The third kappa shape index (κ3) is 3.98. The number of ketones is 1. The summed E-state index contributed by atoms with van der Waals surface area (Å²) in [6.07, 6.45) is 0.703. The van der Waals surface area contributed by atoms with Gasteiger partial charge in [-0.3, -0.25) is 9.59 Å². The van der Waals surface area contributed by atoms with Gasteiger partial charge < -0.3 is 28.8 Å². The fraction of sp³-hybridized carbons (Fsp3) is 0.417. The van der Waals surface area contributed by atoms with Crippen LogP contribution in [-0.4, -0.2) is 59.6 Å². The van der Waals surface area contributed by atoms with Crippen LogP contribution in [0.25, 0.3) is 5.76 Å². The molecule has 8 heteroatoms. The predicted octanol–water partition coefficient (Wildman–Crippen LogP) is 3.47. The summed E-state index contributed by atoms with van der Waals surface area (Å²) < 4.78 is 16.5. The van der Waals surface area contributed by atoms with Crippen LogP contribution in [0.2, 0.25) is 0 Å². The average molecular weight is 440 g/mol. The second kappa shape index (κ2) is 9.08. The van der Waals surface area contributed by atoms with Gasteiger partial charge >= 0.3 is 0 Å². The number of rotatable bonds is 8. The summed E-state index contributed by atoms with van der Waals surface area (Å²) in [4.78, 5) is 29.8. The first-order valence-electron chi connectivity index (χ1n) is 10.9. The summed E-state index contributed by atoms with van der Waals surface area (Å²) in [6.45, 7) is 9.10. The van der Waals surface area contributed by atoms with Crippen molar-refractivity contribution in [2.24, 2.45) is 0 Å². The minimum Gasteiger partial charge on any atom is -0.507 e. The number of nitrogens with zero attached hydrogens (tertiary/aromatic N) is 2. The molecule has 0 aliphatic carbocycles. The van der Waals surface area contributed by atoms with E-state index < -0.39 is 17.7 Å². The lowest BCUT2D eigenvalue weighted by atomic mass is 9.99. The topological polar surface area (TPSA) is 92.5 Å². The molecule has 1 aromatic heterocycles. The summed E-state index contributed by atoms with van der Waals surface area (Å²) in [5, 5.41) is 11.1. The van der Waals surface area contributed by atoms with E-state index in [2.05, 4.69) is 18.7 Å². The van der Waals surface area contributed by atoms with Crippen LogP contribution in [0.3, 0.4) is 0 Å². The molecule has 1 unspecified atom stereocenters. The highest BCUT2D eigenvalue weighted by atomic mass is 16.7. The molecule has 3 heterocycles. The van der Waals surface area contributed by atoms with Gasteiger partial charge in [0.1, 0.15) is 23.3 Å². The maximum absolute atomic E-state index is 13.0. The molecule has 0 radical (unpaired) electrons. The fourth-order valence-electron chi connectivity index (χ4n) is 4.21. The number of benzene rings is 1. The van der Waals surface area contributed by atoms with Crippen LogP contribution in [-0.2, 0) is 9.59 Å². The Hall–Kier alpha value is -3.26. The van der Waals surface area contributed by atoms with Gasteiger partial charge in [0, 0.05) is 12.1 Å². The van der Waals surface area contributed by atoms with E-state index in [1.807, 2.05) is 0 Å². The number of carbonyl (C=O) groups is 2. The Morgan fingerprint density at radius 2 is 1.88 bits per heavy atom. The predicted molar refractivity (Wildman–Crippen MR) is 117 cm³/mol. The van der Waals surface area contributed by atoms with Crippen molar-refractivity contribution in [3.8, 4) is 11.5 Å². The number of carbonyl (C=O) groups excluding carboxylic acids is 2. The molecule has 0 saturated carbocycles. The fourth-order valence-corrected chi connectivity index (χ4v) is 4.21. The number of likely N-dealkylation sites (tertiary alicyclic amines) is 1. The number of ether oxygens (including phenoxy) is 2. The van der Waals surface area contributed by atoms with Crippen LogP contribution >= 0.6 is 0 Å². The van der Waals surface area contributed by atoms with Crippen molar-refractivity contribution in [3.05, 3.63) is 53.0 Å². The minimum absolute atomic E-state index is 0.0195. The van der Waals surface area contributed by atoms with Crippen molar-refractivity contribution >= 4 is 17.4 Å². The number of Topliss-reactive ketones (excluding diaryl/α,β-unsaturated/α-hetero) is 1. The molecule has 170 valence electrons. The van der Waals surface area contributed by atoms with Gasteiger partial charge in [-0.1, -0.05) is 13.8 Å². The lowest BCUT2D eigenvalue weighted by Gasteiger charge is -2.25. The standard InChI is InChI=1S/C24H28N2O6/c1-4-25(5-2)11-6-12-26-21(18-9-7-15(3)32-18)20(23(28)24(26)29)22(27)16-8-10-17-19(13-16)31-14-30-17/h7-10,13,21,27H,4-6,11-12,14H2,1-3H3. The van der Waals surface area contributed by atoms with Crippen LogP contribution < -0.4 is 9.47 Å². The molecule has 1 N–H and O–H groups in total. The van der Waals surface area contributed by atoms with Crippen molar-refractivity contribution < 1.29 is 28.6 Å². The molecule has 8 nitrogen and oxygen atoms in total. The SMILES string of the molecule is CCN(CC)CCCN1C(=O)C(=O)C(=C(O)c2ccc3c(c2)OCO3)C1c1ccc(C)o1. The number of aliphatic hydroxyl groups is 1. The molecular weight excluding hydrogens is 412 g/mol. The summed E-state index contributed by atoms with van der Waals surface area (Å²) in [5.41, 5.74) is 0.398. The van der Waals surface area contributed by atoms with E-state index in [1.165, 1.54) is 4.90 Å². The Balaban J connectivity index is 1.71. The Bertz CT molecular complexity index is 1050. The van der Waals surface area contributed by atoms with Crippen LogP contribution in [0, 0.1) is 6.92 Å². The van der Waals surface area contributed by atoms with Crippen LogP contribution in [0.5, 0.6) is 11.5 Å². The number of aryl methyl sites for hydroxylation is 1. The molecule has 32 heavy (non-hydrogen) atoms. The van der Waals surface area contributed by atoms with E-state index >= 15 is 0 Å². The number of furan rings is 1. The summed E-state index contributed by atoms with van der Waals surface area (Å²) in [5.74, 6) is 0.549. The Kier molecular flexibility index (Phi) is 6.23. The molecule has 0 bridgehead atoms. The molecule has 4 rings (SSSR count). The molecule has 1 amide bonds. The highest BCUT2D eigenvalue weighted by Gasteiger charge is 2.47. The van der Waals surface area contributed by atoms with E-state index in [0.717, 1.165) is 19.6 Å². The third-order valence-electron chi connectivity index (χ3n) is 5.98. The zero-order valence-electron chi connectivity index (χ0n) is 18.6. The zero-order valence-corrected chi connectivity index (χ0v) is 18.6. The highest BCUT2D eigenvalue weighted by molar-refractivity contribution is 6.46. The summed E-state index contributed by atoms with van der Waals surface area (Å²) in [7, 11) is 0. The molecule has 1 saturated heterocycles. The van der Waals surface area contributed by atoms with Crippen molar-refractivity contribution in [1.29, 1.82) is 0 Å². The smallest absolute Gasteiger partial charge is 0.295 e. The maximum atomic E-state index is 13.0. The zero-order chi connectivity index (χ0) is 22.8. The second-order valence-electron chi connectivity index (χ2n) is 7.89. The molecular formula is C24H28N2O6. The van der Waals surface area contributed by atoms with Crippen molar-refractivity contribution in [1.82, 2.24) is 9.80 Å². The van der Waals surface area contributed by atoms with Gasteiger partial charge in [-0.2, -0.15) is 0 Å². The quantitative estimate of drug-likeness (QED) is 0.382. The van der Waals surface area contributed by atoms with Crippen molar-refractivity contribution in [2.45, 2.75) is 33.2 Å². The van der Waals surface area contributed by atoms with E-state index in [0.29, 0.717) is 41.5 Å². The lowest BCUT2D eigenvalue weighted by Crippen LogP contribution is -2.33. The molecule has 0 spiro atoms. The molecule has 1 aromatic carbocycles. The summed E-state index contributed by atoms with van der Waals surface area (Å²) in [6, 6.07) is 7.66. The van der Waals surface area contributed by atoms with Gasteiger partial charge in [0.05, 0.1) is 5.57 Å². The van der Waals surface area contributed by atoms with Crippen LogP contribution in [0.15, 0.2) is 40.3 Å². The molecule has 1 atom stereocenters. The molecule has 2 aliphatic heterocycles. The molecule has 1 fully saturated rings. The van der Waals surface area contributed by atoms with Gasteiger partial charge in [0.15, 0.2) is 11.5 Å². The molecule has 2 aliphatic rings. The number of amides is 1.